The van der Waals surface area contributed by atoms with E-state index in [9.17, 15) is 4.79 Å². The van der Waals surface area contributed by atoms with Gasteiger partial charge in [0.15, 0.2) is 0 Å². The lowest BCUT2D eigenvalue weighted by Gasteiger charge is -2.21. The van der Waals surface area contributed by atoms with E-state index >= 15 is 0 Å². The molecule has 0 unspecified atom stereocenters. The third kappa shape index (κ3) is 4.03. The van der Waals surface area contributed by atoms with Crippen LogP contribution in [0.1, 0.15) is 28.5 Å². The Morgan fingerprint density at radius 1 is 1.29 bits per heavy atom. The van der Waals surface area contributed by atoms with Crippen LogP contribution in [-0.4, -0.2) is 17.4 Å². The van der Waals surface area contributed by atoms with Gasteiger partial charge in [0, 0.05) is 30.5 Å². The second-order valence-corrected chi connectivity index (χ2v) is 4.63. The number of aryl methyl sites for hydroxylation is 1. The molecule has 0 fully saturated rings. The Bertz CT molecular complexity index is 616. The Kier molecular flexibility index (Phi) is 6.34. The highest BCUT2D eigenvalue weighted by molar-refractivity contribution is 6.06. The summed E-state index contributed by atoms with van der Waals surface area (Å²) >= 11 is 0. The predicted molar refractivity (Wildman–Crippen MR) is 87.9 cm³/mol. The highest BCUT2D eigenvalue weighted by atomic mass is 35.5. The number of carbonyl (C=O) groups excluding carboxylic acids is 1. The molecule has 0 saturated carbocycles. The third-order valence-electron chi connectivity index (χ3n) is 3.15. The molecule has 0 aliphatic carbocycles. The van der Waals surface area contributed by atoms with Crippen LogP contribution in [0.5, 0.6) is 0 Å². The molecular formula is C16H20ClN3O. The van der Waals surface area contributed by atoms with Crippen LogP contribution in [0.3, 0.4) is 0 Å². The quantitative estimate of drug-likeness (QED) is 0.945. The first kappa shape index (κ1) is 17.1. The van der Waals surface area contributed by atoms with Gasteiger partial charge in [-0.2, -0.15) is 0 Å². The Balaban J connectivity index is 0.00000220. The van der Waals surface area contributed by atoms with Gasteiger partial charge in [0.1, 0.15) is 0 Å². The first-order chi connectivity index (χ1) is 9.65. The molecular weight excluding hydrogens is 286 g/mol. The zero-order valence-electron chi connectivity index (χ0n) is 12.2. The number of hydrogen-bond acceptors (Lipinski definition) is 3. The number of pyridine rings is 1. The van der Waals surface area contributed by atoms with Crippen LogP contribution in [0.15, 0.2) is 42.6 Å². The Hall–Kier alpha value is -1.91. The molecule has 2 aromatic rings. The van der Waals surface area contributed by atoms with Crippen molar-refractivity contribution in [3.8, 4) is 0 Å². The summed E-state index contributed by atoms with van der Waals surface area (Å²) in [5.74, 6) is -0.0322. The van der Waals surface area contributed by atoms with E-state index in [1.54, 1.807) is 23.2 Å². The summed E-state index contributed by atoms with van der Waals surface area (Å²) in [7, 11) is 0. The maximum absolute atomic E-state index is 12.6. The Labute approximate surface area is 131 Å². The Morgan fingerprint density at radius 3 is 2.67 bits per heavy atom. The first-order valence-electron chi connectivity index (χ1n) is 6.69. The van der Waals surface area contributed by atoms with Gasteiger partial charge in [0.2, 0.25) is 0 Å². The molecule has 1 aromatic carbocycles. The number of nitrogens with two attached hydrogens (primary N) is 1. The van der Waals surface area contributed by atoms with Crippen molar-refractivity contribution in [1.82, 2.24) is 4.98 Å². The van der Waals surface area contributed by atoms with Gasteiger partial charge >= 0.3 is 0 Å². The minimum Gasteiger partial charge on any atom is -0.325 e. The molecule has 2 rings (SSSR count). The zero-order chi connectivity index (χ0) is 14.5. The van der Waals surface area contributed by atoms with Crippen LogP contribution in [0.25, 0.3) is 0 Å². The summed E-state index contributed by atoms with van der Waals surface area (Å²) in [6, 6.07) is 11.4. The number of nitrogens with zero attached hydrogens (tertiary/aromatic N) is 2. The molecule has 0 saturated heterocycles. The van der Waals surface area contributed by atoms with E-state index in [-0.39, 0.29) is 18.3 Å². The average molecular weight is 306 g/mol. The number of carbonyl (C=O) groups is 1. The first-order valence-corrected chi connectivity index (χ1v) is 6.69. The van der Waals surface area contributed by atoms with Crippen molar-refractivity contribution in [2.45, 2.75) is 20.4 Å². The molecule has 112 valence electrons. The molecule has 21 heavy (non-hydrogen) atoms. The smallest absolute Gasteiger partial charge is 0.258 e. The molecule has 4 nitrogen and oxygen atoms in total. The standard InChI is InChI=1S/C16H19N3O.ClH/c1-3-19(15-6-4-5-12(2)9-15)16(20)13-7-8-18-14(10-13)11-17;/h4-10H,3,11,17H2,1-2H3;1H. The maximum atomic E-state index is 12.6. The fourth-order valence-corrected chi connectivity index (χ4v) is 2.12. The van der Waals surface area contributed by atoms with Crippen molar-refractivity contribution in [2.75, 3.05) is 11.4 Å². The summed E-state index contributed by atoms with van der Waals surface area (Å²) < 4.78 is 0. The second-order valence-electron chi connectivity index (χ2n) is 4.63. The molecule has 1 aromatic heterocycles. The molecule has 2 N–H and O–H groups in total. The molecule has 1 heterocycles. The van der Waals surface area contributed by atoms with Crippen molar-refractivity contribution in [2.24, 2.45) is 5.73 Å². The number of benzene rings is 1. The number of aromatic nitrogens is 1. The van der Waals surface area contributed by atoms with Gasteiger partial charge in [-0.05, 0) is 43.7 Å². The van der Waals surface area contributed by atoms with Gasteiger partial charge in [0.25, 0.3) is 5.91 Å². The lowest BCUT2D eigenvalue weighted by Crippen LogP contribution is -2.30. The molecule has 5 heteroatoms. The lowest BCUT2D eigenvalue weighted by molar-refractivity contribution is 0.0988. The molecule has 0 aliphatic rings. The second kappa shape index (κ2) is 7.76. The largest absolute Gasteiger partial charge is 0.325 e. The number of hydrogen-bond donors (Lipinski definition) is 1. The van der Waals surface area contributed by atoms with Crippen LogP contribution < -0.4 is 10.6 Å². The lowest BCUT2D eigenvalue weighted by atomic mass is 10.1. The van der Waals surface area contributed by atoms with Crippen molar-refractivity contribution in [1.29, 1.82) is 0 Å². The summed E-state index contributed by atoms with van der Waals surface area (Å²) in [4.78, 5) is 18.5. The molecule has 0 spiro atoms. The van der Waals surface area contributed by atoms with Gasteiger partial charge in [-0.25, -0.2) is 0 Å². The Morgan fingerprint density at radius 2 is 2.05 bits per heavy atom. The zero-order valence-corrected chi connectivity index (χ0v) is 13.1. The molecule has 0 aliphatic heterocycles. The molecule has 0 radical (unpaired) electrons. The normalized spacial score (nSPS) is 9.86. The van der Waals surface area contributed by atoms with Gasteiger partial charge < -0.3 is 10.6 Å². The van der Waals surface area contributed by atoms with Crippen LogP contribution in [0.4, 0.5) is 5.69 Å². The van der Waals surface area contributed by atoms with Crippen molar-refractivity contribution in [3.05, 3.63) is 59.4 Å². The minimum absolute atomic E-state index is 0. The molecule has 0 bridgehead atoms. The van der Waals surface area contributed by atoms with E-state index in [4.69, 9.17) is 5.73 Å². The summed E-state index contributed by atoms with van der Waals surface area (Å²) in [5.41, 5.74) is 8.94. The number of amides is 1. The summed E-state index contributed by atoms with van der Waals surface area (Å²) in [5, 5.41) is 0. The average Bonchev–Trinajstić information content (AvgIpc) is 2.48. The number of anilines is 1. The van der Waals surface area contributed by atoms with Crippen LogP contribution in [0.2, 0.25) is 0 Å². The van der Waals surface area contributed by atoms with E-state index in [0.29, 0.717) is 18.7 Å². The van der Waals surface area contributed by atoms with Crippen LogP contribution in [-0.2, 0) is 6.54 Å². The van der Waals surface area contributed by atoms with Crippen LogP contribution >= 0.6 is 12.4 Å². The topological polar surface area (TPSA) is 59.2 Å². The molecule has 1 amide bonds. The van der Waals surface area contributed by atoms with Crippen molar-refractivity contribution >= 4 is 24.0 Å². The fourth-order valence-electron chi connectivity index (χ4n) is 2.12. The van der Waals surface area contributed by atoms with Crippen molar-refractivity contribution in [3.63, 3.8) is 0 Å². The van der Waals surface area contributed by atoms with Crippen molar-refractivity contribution < 1.29 is 4.79 Å². The van der Waals surface area contributed by atoms with E-state index in [2.05, 4.69) is 4.98 Å². The maximum Gasteiger partial charge on any atom is 0.258 e. The highest BCUT2D eigenvalue weighted by Gasteiger charge is 2.16. The van der Waals surface area contributed by atoms with Crippen LogP contribution in [0, 0.1) is 6.92 Å². The van der Waals surface area contributed by atoms with E-state index < -0.39 is 0 Å². The number of rotatable bonds is 4. The number of halogens is 1. The van der Waals surface area contributed by atoms with Gasteiger partial charge in [-0.3, -0.25) is 9.78 Å². The fraction of sp³-hybridized carbons (Fsp3) is 0.250. The summed E-state index contributed by atoms with van der Waals surface area (Å²) in [6.45, 7) is 4.92. The van der Waals surface area contributed by atoms with E-state index in [1.165, 1.54) is 0 Å². The minimum atomic E-state index is -0.0322. The molecule has 0 atom stereocenters. The SMILES string of the molecule is CCN(C(=O)c1ccnc(CN)c1)c1cccc(C)c1.Cl. The monoisotopic (exact) mass is 305 g/mol. The van der Waals surface area contributed by atoms with E-state index in [0.717, 1.165) is 16.9 Å². The third-order valence-corrected chi connectivity index (χ3v) is 3.15. The predicted octanol–water partition coefficient (Wildman–Crippen LogP) is 2.94. The van der Waals surface area contributed by atoms with Gasteiger partial charge in [0.05, 0.1) is 5.69 Å². The summed E-state index contributed by atoms with van der Waals surface area (Å²) in [6.07, 6.45) is 1.62. The highest BCUT2D eigenvalue weighted by Crippen LogP contribution is 2.18. The van der Waals surface area contributed by atoms with E-state index in [1.807, 2.05) is 38.1 Å². The van der Waals surface area contributed by atoms with Gasteiger partial charge in [-0.15, -0.1) is 12.4 Å². The van der Waals surface area contributed by atoms with Gasteiger partial charge in [-0.1, -0.05) is 12.1 Å².